The second-order valence-electron chi connectivity index (χ2n) is 4.26. The number of aryl methyl sites for hydroxylation is 1. The highest BCUT2D eigenvalue weighted by atomic mass is 35.5. The summed E-state index contributed by atoms with van der Waals surface area (Å²) in [5.74, 6) is 0.432. The second-order valence-corrected chi connectivity index (χ2v) is 5.10. The van der Waals surface area contributed by atoms with Gasteiger partial charge in [-0.2, -0.15) is 0 Å². The molecule has 4 heteroatoms. The lowest BCUT2D eigenvalue weighted by Gasteiger charge is -2.14. The quantitative estimate of drug-likeness (QED) is 0.714. The first-order chi connectivity index (χ1) is 9.02. The van der Waals surface area contributed by atoms with Crippen LogP contribution in [0, 0.1) is 12.7 Å². The van der Waals surface area contributed by atoms with Gasteiger partial charge in [-0.25, -0.2) is 4.39 Å². The lowest BCUT2D eigenvalue weighted by Crippen LogP contribution is -1.97. The minimum Gasteiger partial charge on any atom is -0.496 e. The summed E-state index contributed by atoms with van der Waals surface area (Å²) in [7, 11) is 1.62. The maximum atomic E-state index is 13.0. The number of alkyl halides is 1. The Hall–Kier alpha value is -1.25. The molecule has 0 saturated carbocycles. The van der Waals surface area contributed by atoms with Crippen molar-refractivity contribution < 1.29 is 9.13 Å². The zero-order valence-corrected chi connectivity index (χ0v) is 12.1. The molecule has 0 saturated heterocycles. The lowest BCUT2D eigenvalue weighted by molar-refractivity contribution is 0.411. The summed E-state index contributed by atoms with van der Waals surface area (Å²) < 4.78 is 18.2. The summed E-state index contributed by atoms with van der Waals surface area (Å²) in [5.41, 5.74) is 2.58. The highest BCUT2D eigenvalue weighted by molar-refractivity contribution is 6.33. The number of ether oxygens (including phenoxy) is 1. The van der Waals surface area contributed by atoms with Crippen molar-refractivity contribution in [3.8, 4) is 5.75 Å². The first-order valence-corrected chi connectivity index (χ1v) is 6.58. The smallest absolute Gasteiger partial charge is 0.124 e. The predicted molar refractivity (Wildman–Crippen MR) is 76.8 cm³/mol. The molecule has 2 aromatic rings. The van der Waals surface area contributed by atoms with E-state index in [0.29, 0.717) is 10.6 Å². The van der Waals surface area contributed by atoms with Crippen molar-refractivity contribution in [3.63, 3.8) is 0 Å². The van der Waals surface area contributed by atoms with Gasteiger partial charge in [-0.15, -0.1) is 11.6 Å². The lowest BCUT2D eigenvalue weighted by atomic mass is 10.0. The third kappa shape index (κ3) is 3.02. The number of rotatable bonds is 3. The van der Waals surface area contributed by atoms with Crippen molar-refractivity contribution in [1.29, 1.82) is 0 Å². The van der Waals surface area contributed by atoms with Crippen molar-refractivity contribution in [1.82, 2.24) is 0 Å². The molecule has 0 N–H and O–H groups in total. The van der Waals surface area contributed by atoms with Crippen molar-refractivity contribution in [2.75, 3.05) is 7.11 Å². The van der Waals surface area contributed by atoms with Gasteiger partial charge in [0.25, 0.3) is 0 Å². The Morgan fingerprint density at radius 1 is 1.16 bits per heavy atom. The molecule has 2 aromatic carbocycles. The van der Waals surface area contributed by atoms with Gasteiger partial charge >= 0.3 is 0 Å². The molecule has 0 spiro atoms. The fraction of sp³-hybridized carbons (Fsp3) is 0.200. The molecule has 0 aromatic heterocycles. The second kappa shape index (κ2) is 5.81. The van der Waals surface area contributed by atoms with Gasteiger partial charge in [0.05, 0.1) is 12.5 Å². The van der Waals surface area contributed by atoms with E-state index in [2.05, 4.69) is 0 Å². The zero-order chi connectivity index (χ0) is 14.0. The summed E-state index contributed by atoms with van der Waals surface area (Å²) in [6.07, 6.45) is 0. The molecule has 0 heterocycles. The molecule has 19 heavy (non-hydrogen) atoms. The van der Waals surface area contributed by atoms with Crippen LogP contribution < -0.4 is 4.74 Å². The van der Waals surface area contributed by atoms with Crippen LogP contribution in [0.2, 0.25) is 5.02 Å². The van der Waals surface area contributed by atoms with Crippen LogP contribution in [0.5, 0.6) is 5.75 Å². The molecule has 0 fully saturated rings. The van der Waals surface area contributed by atoms with Crippen LogP contribution in [0.1, 0.15) is 22.1 Å². The summed E-state index contributed by atoms with van der Waals surface area (Å²) in [4.78, 5) is 0. The maximum absolute atomic E-state index is 13.0. The Kier molecular flexibility index (Phi) is 4.33. The average molecular weight is 299 g/mol. The predicted octanol–water partition coefficient (Wildman–Crippen LogP) is 5.12. The molecular weight excluding hydrogens is 286 g/mol. The zero-order valence-electron chi connectivity index (χ0n) is 10.6. The van der Waals surface area contributed by atoms with Crippen LogP contribution in [-0.4, -0.2) is 7.11 Å². The van der Waals surface area contributed by atoms with E-state index in [9.17, 15) is 4.39 Å². The number of halogens is 3. The normalized spacial score (nSPS) is 12.3. The number of methoxy groups -OCH3 is 1. The van der Waals surface area contributed by atoms with Gasteiger partial charge in [0.1, 0.15) is 11.6 Å². The minimum atomic E-state index is -0.419. The van der Waals surface area contributed by atoms with Gasteiger partial charge in [-0.05, 0) is 41.8 Å². The molecule has 0 aliphatic carbocycles. The van der Waals surface area contributed by atoms with Crippen LogP contribution in [0.3, 0.4) is 0 Å². The van der Waals surface area contributed by atoms with E-state index >= 15 is 0 Å². The van der Waals surface area contributed by atoms with E-state index in [1.807, 2.05) is 25.1 Å². The summed E-state index contributed by atoms with van der Waals surface area (Å²) in [5, 5.41) is -0.0915. The van der Waals surface area contributed by atoms with E-state index < -0.39 is 5.38 Å². The highest BCUT2D eigenvalue weighted by Crippen LogP contribution is 2.35. The van der Waals surface area contributed by atoms with Crippen LogP contribution in [0.15, 0.2) is 36.4 Å². The van der Waals surface area contributed by atoms with E-state index in [1.54, 1.807) is 13.2 Å². The molecule has 100 valence electrons. The Bertz CT molecular complexity index is 599. The Balaban J connectivity index is 2.38. The number of hydrogen-bond acceptors (Lipinski definition) is 1. The van der Waals surface area contributed by atoms with Crippen LogP contribution in [-0.2, 0) is 0 Å². The summed E-state index contributed by atoms with van der Waals surface area (Å²) in [6, 6.07) is 9.90. The van der Waals surface area contributed by atoms with Crippen molar-refractivity contribution in [3.05, 3.63) is 63.9 Å². The van der Waals surface area contributed by atoms with Crippen molar-refractivity contribution >= 4 is 23.2 Å². The summed E-state index contributed by atoms with van der Waals surface area (Å²) in [6.45, 7) is 1.94. The van der Waals surface area contributed by atoms with E-state index in [0.717, 1.165) is 16.9 Å². The third-order valence-electron chi connectivity index (χ3n) is 2.95. The average Bonchev–Trinajstić information content (AvgIpc) is 2.38. The fourth-order valence-corrected chi connectivity index (χ4v) is 2.60. The van der Waals surface area contributed by atoms with Crippen molar-refractivity contribution in [2.45, 2.75) is 12.3 Å². The Labute approximate surface area is 121 Å². The topological polar surface area (TPSA) is 9.23 Å². The first kappa shape index (κ1) is 14.2. The van der Waals surface area contributed by atoms with Gasteiger partial charge in [0.2, 0.25) is 0 Å². The molecule has 0 radical (unpaired) electrons. The van der Waals surface area contributed by atoms with Gasteiger partial charge in [-0.3, -0.25) is 0 Å². The number of benzene rings is 2. The number of hydrogen-bond donors (Lipinski definition) is 0. The standard InChI is InChI=1S/C15H13Cl2FO/c1-9-7-10(3-6-14(9)19-2)15(17)12-5-4-11(18)8-13(12)16/h3-8,15H,1-2H3. The summed E-state index contributed by atoms with van der Waals surface area (Å²) >= 11 is 12.4. The molecule has 0 amide bonds. The van der Waals surface area contributed by atoms with Crippen LogP contribution in [0.4, 0.5) is 4.39 Å². The minimum absolute atomic E-state index is 0.327. The van der Waals surface area contributed by atoms with E-state index in [4.69, 9.17) is 27.9 Å². The largest absolute Gasteiger partial charge is 0.496 e. The molecular formula is C15H13Cl2FO. The highest BCUT2D eigenvalue weighted by Gasteiger charge is 2.15. The van der Waals surface area contributed by atoms with Crippen LogP contribution in [0.25, 0.3) is 0 Å². The monoisotopic (exact) mass is 298 g/mol. The fourth-order valence-electron chi connectivity index (χ4n) is 1.95. The Morgan fingerprint density at radius 2 is 1.89 bits per heavy atom. The molecule has 0 bridgehead atoms. The molecule has 1 nitrogen and oxygen atoms in total. The molecule has 1 atom stereocenters. The molecule has 2 rings (SSSR count). The van der Waals surface area contributed by atoms with Crippen LogP contribution >= 0.6 is 23.2 Å². The maximum Gasteiger partial charge on any atom is 0.124 e. The van der Waals surface area contributed by atoms with E-state index in [1.165, 1.54) is 12.1 Å². The molecule has 0 aliphatic rings. The van der Waals surface area contributed by atoms with Gasteiger partial charge < -0.3 is 4.74 Å². The van der Waals surface area contributed by atoms with E-state index in [-0.39, 0.29) is 5.82 Å². The van der Waals surface area contributed by atoms with Crippen molar-refractivity contribution in [2.24, 2.45) is 0 Å². The van der Waals surface area contributed by atoms with Gasteiger partial charge in [-0.1, -0.05) is 29.8 Å². The Morgan fingerprint density at radius 3 is 2.47 bits per heavy atom. The SMILES string of the molecule is COc1ccc(C(Cl)c2ccc(F)cc2Cl)cc1C. The molecule has 0 aliphatic heterocycles. The van der Waals surface area contributed by atoms with Gasteiger partial charge in [0.15, 0.2) is 0 Å². The third-order valence-corrected chi connectivity index (χ3v) is 3.76. The first-order valence-electron chi connectivity index (χ1n) is 5.76. The van der Waals surface area contributed by atoms with Gasteiger partial charge in [0, 0.05) is 5.02 Å². The molecule has 1 unspecified atom stereocenters.